The molecule has 0 unspecified atom stereocenters. The standard InChI is InChI=1S/C19H17N5O2S2/c1-3-8-24-17(13-5-4-6-15(10-13)26-2)22-23-19(24)28-12-16(25)21-18-14(11-20)7-9-27-18/h3-7,9-10H,1,8,12H2,2H3,(H,21,25). The first kappa shape index (κ1) is 19.7. The first-order chi connectivity index (χ1) is 13.7. The van der Waals surface area contributed by atoms with Crippen molar-refractivity contribution in [2.24, 2.45) is 0 Å². The Bertz CT molecular complexity index is 1040. The summed E-state index contributed by atoms with van der Waals surface area (Å²) in [5, 5.41) is 23.2. The second-order valence-corrected chi connectivity index (χ2v) is 7.41. The van der Waals surface area contributed by atoms with E-state index in [1.165, 1.54) is 23.1 Å². The Morgan fingerprint density at radius 2 is 2.32 bits per heavy atom. The van der Waals surface area contributed by atoms with Gasteiger partial charge >= 0.3 is 0 Å². The summed E-state index contributed by atoms with van der Waals surface area (Å²) in [4.78, 5) is 12.3. The molecule has 0 aliphatic carbocycles. The number of nitriles is 1. The van der Waals surface area contributed by atoms with Crippen molar-refractivity contribution < 1.29 is 9.53 Å². The van der Waals surface area contributed by atoms with Crippen LogP contribution in [0.15, 0.2) is 53.5 Å². The van der Waals surface area contributed by atoms with Gasteiger partial charge in [0.15, 0.2) is 11.0 Å². The molecule has 0 saturated carbocycles. The highest BCUT2D eigenvalue weighted by Gasteiger charge is 2.16. The van der Waals surface area contributed by atoms with Crippen molar-refractivity contribution in [1.82, 2.24) is 14.8 Å². The molecule has 0 fully saturated rings. The van der Waals surface area contributed by atoms with Crippen molar-refractivity contribution >= 4 is 34.0 Å². The number of thiophene rings is 1. The zero-order chi connectivity index (χ0) is 19.9. The summed E-state index contributed by atoms with van der Waals surface area (Å²) < 4.78 is 7.17. The van der Waals surface area contributed by atoms with Crippen LogP contribution >= 0.6 is 23.1 Å². The Kier molecular flexibility index (Phi) is 6.47. The lowest BCUT2D eigenvalue weighted by Gasteiger charge is -2.09. The van der Waals surface area contributed by atoms with Gasteiger partial charge in [-0.15, -0.1) is 28.1 Å². The number of hydrogen-bond acceptors (Lipinski definition) is 7. The number of aromatic nitrogens is 3. The first-order valence-corrected chi connectivity index (χ1v) is 10.1. The predicted octanol–water partition coefficient (Wildman–Crippen LogP) is 3.80. The molecule has 0 bridgehead atoms. The number of anilines is 1. The highest BCUT2D eigenvalue weighted by atomic mass is 32.2. The third-order valence-electron chi connectivity index (χ3n) is 3.73. The van der Waals surface area contributed by atoms with Crippen LogP contribution in [-0.2, 0) is 11.3 Å². The summed E-state index contributed by atoms with van der Waals surface area (Å²) in [7, 11) is 1.61. The van der Waals surface area contributed by atoms with E-state index in [4.69, 9.17) is 10.00 Å². The summed E-state index contributed by atoms with van der Waals surface area (Å²) in [6.45, 7) is 4.30. The molecular weight excluding hydrogens is 394 g/mol. The molecule has 3 rings (SSSR count). The van der Waals surface area contributed by atoms with Gasteiger partial charge in [-0.05, 0) is 23.6 Å². The molecule has 0 radical (unpaired) electrons. The van der Waals surface area contributed by atoms with Crippen LogP contribution < -0.4 is 10.1 Å². The summed E-state index contributed by atoms with van der Waals surface area (Å²) in [6.07, 6.45) is 1.75. The number of thioether (sulfide) groups is 1. The summed E-state index contributed by atoms with van der Waals surface area (Å²) >= 11 is 2.59. The van der Waals surface area contributed by atoms with E-state index in [-0.39, 0.29) is 11.7 Å². The molecule has 28 heavy (non-hydrogen) atoms. The molecule has 0 aliphatic rings. The molecule has 2 aromatic heterocycles. The number of carbonyl (C=O) groups excluding carboxylic acids is 1. The molecule has 2 heterocycles. The number of carbonyl (C=O) groups is 1. The fourth-order valence-corrected chi connectivity index (χ4v) is 3.95. The third-order valence-corrected chi connectivity index (χ3v) is 5.52. The lowest BCUT2D eigenvalue weighted by atomic mass is 10.2. The number of allylic oxidation sites excluding steroid dienone is 1. The average Bonchev–Trinajstić information content (AvgIpc) is 3.33. The van der Waals surface area contributed by atoms with Crippen molar-refractivity contribution in [3.63, 3.8) is 0 Å². The lowest BCUT2D eigenvalue weighted by molar-refractivity contribution is -0.113. The average molecular weight is 412 g/mol. The topological polar surface area (TPSA) is 92.8 Å². The molecule has 0 atom stereocenters. The maximum Gasteiger partial charge on any atom is 0.235 e. The van der Waals surface area contributed by atoms with Crippen LogP contribution in [0, 0.1) is 11.3 Å². The van der Waals surface area contributed by atoms with Gasteiger partial charge in [0.05, 0.1) is 18.4 Å². The van der Waals surface area contributed by atoms with Gasteiger partial charge in [-0.25, -0.2) is 0 Å². The number of amides is 1. The van der Waals surface area contributed by atoms with E-state index in [0.717, 1.165) is 11.3 Å². The molecular formula is C19H17N5O2S2. The monoisotopic (exact) mass is 411 g/mol. The van der Waals surface area contributed by atoms with E-state index in [1.54, 1.807) is 24.6 Å². The van der Waals surface area contributed by atoms with Gasteiger partial charge in [0.25, 0.3) is 0 Å². The smallest absolute Gasteiger partial charge is 0.235 e. The minimum atomic E-state index is -0.208. The van der Waals surface area contributed by atoms with Crippen LogP contribution in [0.1, 0.15) is 5.56 Å². The van der Waals surface area contributed by atoms with Crippen LogP contribution in [0.2, 0.25) is 0 Å². The van der Waals surface area contributed by atoms with Crippen molar-refractivity contribution in [1.29, 1.82) is 5.26 Å². The van der Waals surface area contributed by atoms with Gasteiger partial charge in [0.1, 0.15) is 16.8 Å². The number of ether oxygens (including phenoxy) is 1. The number of rotatable bonds is 8. The van der Waals surface area contributed by atoms with Gasteiger partial charge in [-0.3, -0.25) is 9.36 Å². The number of nitrogens with one attached hydrogen (secondary N) is 1. The predicted molar refractivity (Wildman–Crippen MR) is 111 cm³/mol. The minimum absolute atomic E-state index is 0.149. The van der Waals surface area contributed by atoms with Crippen molar-refractivity contribution in [3.8, 4) is 23.2 Å². The van der Waals surface area contributed by atoms with Gasteiger partial charge in [0.2, 0.25) is 5.91 Å². The van der Waals surface area contributed by atoms with Gasteiger partial charge < -0.3 is 10.1 Å². The number of benzene rings is 1. The molecule has 3 aromatic rings. The van der Waals surface area contributed by atoms with E-state index in [0.29, 0.717) is 28.1 Å². The van der Waals surface area contributed by atoms with Gasteiger partial charge in [-0.2, -0.15) is 5.26 Å². The van der Waals surface area contributed by atoms with Crippen LogP contribution in [0.25, 0.3) is 11.4 Å². The molecule has 142 valence electrons. The van der Waals surface area contributed by atoms with E-state index >= 15 is 0 Å². The number of methoxy groups -OCH3 is 1. The quantitative estimate of drug-likeness (QED) is 0.448. The SMILES string of the molecule is C=CCn1c(SCC(=O)Nc2sccc2C#N)nnc1-c1cccc(OC)c1. The van der Waals surface area contributed by atoms with Crippen LogP contribution in [-0.4, -0.2) is 33.5 Å². The van der Waals surface area contributed by atoms with E-state index in [9.17, 15) is 4.79 Å². The van der Waals surface area contributed by atoms with Crippen LogP contribution in [0.4, 0.5) is 5.00 Å². The fourth-order valence-electron chi connectivity index (χ4n) is 2.45. The molecule has 9 heteroatoms. The first-order valence-electron chi connectivity index (χ1n) is 8.25. The summed E-state index contributed by atoms with van der Waals surface area (Å²) in [5.41, 5.74) is 1.32. The second kappa shape index (κ2) is 9.21. The van der Waals surface area contributed by atoms with Gasteiger partial charge in [-0.1, -0.05) is 30.0 Å². The molecule has 0 spiro atoms. The normalized spacial score (nSPS) is 10.3. The molecule has 1 N–H and O–H groups in total. The van der Waals surface area contributed by atoms with Gasteiger partial charge in [0, 0.05) is 12.1 Å². The maximum atomic E-state index is 12.3. The Balaban J connectivity index is 1.75. The number of nitrogens with zero attached hydrogens (tertiary/aromatic N) is 4. The molecule has 7 nitrogen and oxygen atoms in total. The second-order valence-electron chi connectivity index (χ2n) is 5.55. The summed E-state index contributed by atoms with van der Waals surface area (Å²) in [6, 6.07) is 11.3. The van der Waals surface area contributed by atoms with Crippen LogP contribution in [0.5, 0.6) is 5.75 Å². The zero-order valence-electron chi connectivity index (χ0n) is 15.1. The zero-order valence-corrected chi connectivity index (χ0v) is 16.7. The Hall–Kier alpha value is -3.09. The molecule has 0 saturated heterocycles. The van der Waals surface area contributed by atoms with Crippen molar-refractivity contribution in [2.75, 3.05) is 18.2 Å². The highest BCUT2D eigenvalue weighted by Crippen LogP contribution is 2.27. The van der Waals surface area contributed by atoms with Crippen LogP contribution in [0.3, 0.4) is 0 Å². The van der Waals surface area contributed by atoms with Crippen molar-refractivity contribution in [2.45, 2.75) is 11.7 Å². The maximum absolute atomic E-state index is 12.3. The Morgan fingerprint density at radius 3 is 3.07 bits per heavy atom. The Labute approximate surface area is 170 Å². The minimum Gasteiger partial charge on any atom is -0.497 e. The number of hydrogen-bond donors (Lipinski definition) is 1. The molecule has 1 amide bonds. The molecule has 0 aliphatic heterocycles. The summed E-state index contributed by atoms with van der Waals surface area (Å²) in [5.74, 6) is 1.34. The molecule has 1 aromatic carbocycles. The lowest BCUT2D eigenvalue weighted by Crippen LogP contribution is -2.14. The Morgan fingerprint density at radius 1 is 1.46 bits per heavy atom. The highest BCUT2D eigenvalue weighted by molar-refractivity contribution is 7.99. The van der Waals surface area contributed by atoms with E-state index in [2.05, 4.69) is 28.2 Å². The third kappa shape index (κ3) is 4.42. The largest absolute Gasteiger partial charge is 0.497 e. The van der Waals surface area contributed by atoms with Crippen molar-refractivity contribution in [3.05, 3.63) is 53.9 Å². The fraction of sp³-hybridized carbons (Fsp3) is 0.158. The van der Waals surface area contributed by atoms with E-state index in [1.807, 2.05) is 28.8 Å². The van der Waals surface area contributed by atoms with E-state index < -0.39 is 0 Å².